The van der Waals surface area contributed by atoms with Gasteiger partial charge in [0, 0.05) is 13.2 Å². The van der Waals surface area contributed by atoms with Crippen molar-refractivity contribution in [3.63, 3.8) is 0 Å². The number of hydrogen-bond acceptors (Lipinski definition) is 2. The molecule has 220 valence electrons. The van der Waals surface area contributed by atoms with Gasteiger partial charge in [-0.15, -0.1) is 0 Å². The monoisotopic (exact) mass is 568 g/mol. The summed E-state index contributed by atoms with van der Waals surface area (Å²) in [5.41, 5.74) is 0.286. The molecule has 0 aromatic carbocycles. The van der Waals surface area contributed by atoms with Crippen LogP contribution in [0.5, 0.6) is 0 Å². The zero-order chi connectivity index (χ0) is 27.9. The van der Waals surface area contributed by atoms with Gasteiger partial charge >= 0.3 is 0 Å². The summed E-state index contributed by atoms with van der Waals surface area (Å²) in [4.78, 5) is 0. The SMILES string of the molecule is CC[Si](CC)(CC)OCCC(CCO[Si](CC)(CC)CC)(C1CCC2C=CC=CC21)C1CCC2C=CC=CC21. The van der Waals surface area contributed by atoms with E-state index >= 15 is 0 Å². The Morgan fingerprint density at radius 2 is 0.897 bits per heavy atom. The third kappa shape index (κ3) is 6.39. The summed E-state index contributed by atoms with van der Waals surface area (Å²) < 4.78 is 14.2. The molecule has 2 saturated carbocycles. The van der Waals surface area contributed by atoms with Crippen molar-refractivity contribution in [3.8, 4) is 0 Å². The van der Waals surface area contributed by atoms with Crippen LogP contribution >= 0.6 is 0 Å². The van der Waals surface area contributed by atoms with Gasteiger partial charge in [0.2, 0.25) is 0 Å². The summed E-state index contributed by atoms with van der Waals surface area (Å²) in [6.07, 6.45) is 27.4. The van der Waals surface area contributed by atoms with Crippen molar-refractivity contribution in [2.24, 2.45) is 40.9 Å². The Hall–Kier alpha value is -0.686. The predicted molar refractivity (Wildman–Crippen MR) is 174 cm³/mol. The molecule has 4 aliphatic rings. The topological polar surface area (TPSA) is 18.5 Å². The first-order valence-electron chi connectivity index (χ1n) is 16.9. The molecule has 0 aromatic heterocycles. The van der Waals surface area contributed by atoms with E-state index in [2.05, 4.69) is 90.2 Å². The average molecular weight is 569 g/mol. The number of allylic oxidation sites excluding steroid dienone is 8. The maximum atomic E-state index is 7.08. The van der Waals surface area contributed by atoms with Crippen molar-refractivity contribution in [2.75, 3.05) is 13.2 Å². The van der Waals surface area contributed by atoms with Gasteiger partial charge in [-0.25, -0.2) is 0 Å². The van der Waals surface area contributed by atoms with Crippen molar-refractivity contribution in [2.45, 2.75) is 116 Å². The van der Waals surface area contributed by atoms with E-state index < -0.39 is 16.6 Å². The molecule has 6 unspecified atom stereocenters. The fraction of sp³-hybridized carbons (Fsp3) is 0.771. The highest BCUT2D eigenvalue weighted by molar-refractivity contribution is 6.73. The number of rotatable bonds is 16. The Balaban J connectivity index is 1.69. The maximum Gasteiger partial charge on any atom is 0.191 e. The molecule has 4 rings (SSSR count). The number of fused-ring (bicyclic) bond motifs is 2. The maximum absolute atomic E-state index is 7.08. The summed E-state index contributed by atoms with van der Waals surface area (Å²) in [6.45, 7) is 16.2. The third-order valence-corrected chi connectivity index (χ3v) is 21.8. The van der Waals surface area contributed by atoms with E-state index in [1.807, 2.05) is 0 Å². The Morgan fingerprint density at radius 1 is 0.538 bits per heavy atom. The zero-order valence-corrected chi connectivity index (χ0v) is 28.3. The fourth-order valence-corrected chi connectivity index (χ4v) is 14.7. The lowest BCUT2D eigenvalue weighted by Crippen LogP contribution is -2.46. The minimum absolute atomic E-state index is 0.286. The Kier molecular flexibility index (Phi) is 11.2. The summed E-state index contributed by atoms with van der Waals surface area (Å²) >= 11 is 0. The highest BCUT2D eigenvalue weighted by Gasteiger charge is 2.55. The van der Waals surface area contributed by atoms with Crippen LogP contribution in [-0.4, -0.2) is 29.8 Å². The zero-order valence-electron chi connectivity index (χ0n) is 26.3. The molecule has 0 aromatic rings. The van der Waals surface area contributed by atoms with Gasteiger partial charge in [0.1, 0.15) is 0 Å². The highest BCUT2D eigenvalue weighted by Crippen LogP contribution is 2.61. The molecule has 2 fully saturated rings. The van der Waals surface area contributed by atoms with Crippen LogP contribution in [0.1, 0.15) is 80.1 Å². The molecular formula is C35H60O2Si2. The standard InChI is InChI=1S/C35H60O2Si2/c1-7-38(8-2,9-3)36-27-25-35(26-28-37-39(10-4,11-5)12-6,33-23-21-29-17-13-15-19-31(29)33)34-24-22-30-18-14-16-20-32(30)34/h13-20,29-34H,7-12,21-28H2,1-6H3. The van der Waals surface area contributed by atoms with Crippen LogP contribution in [0.2, 0.25) is 36.3 Å². The highest BCUT2D eigenvalue weighted by atomic mass is 28.4. The molecule has 0 N–H and O–H groups in total. The van der Waals surface area contributed by atoms with Crippen LogP contribution in [0.4, 0.5) is 0 Å². The van der Waals surface area contributed by atoms with Gasteiger partial charge in [0.05, 0.1) is 0 Å². The van der Waals surface area contributed by atoms with Crippen LogP contribution in [0.25, 0.3) is 0 Å². The summed E-state index contributed by atoms with van der Waals surface area (Å²) in [7, 11) is -3.24. The first-order valence-corrected chi connectivity index (χ1v) is 22.0. The first-order chi connectivity index (χ1) is 19.0. The van der Waals surface area contributed by atoms with Gasteiger partial charge in [0.25, 0.3) is 0 Å². The molecule has 0 amide bonds. The second-order valence-corrected chi connectivity index (χ2v) is 22.9. The van der Waals surface area contributed by atoms with Crippen molar-refractivity contribution in [1.29, 1.82) is 0 Å². The van der Waals surface area contributed by atoms with Crippen LogP contribution in [0.15, 0.2) is 48.6 Å². The number of hydrogen-bond donors (Lipinski definition) is 0. The van der Waals surface area contributed by atoms with E-state index in [1.165, 1.54) is 74.8 Å². The van der Waals surface area contributed by atoms with Crippen molar-refractivity contribution in [1.82, 2.24) is 0 Å². The molecule has 0 bridgehead atoms. The lowest BCUT2D eigenvalue weighted by molar-refractivity contribution is -0.00923. The second-order valence-electron chi connectivity index (χ2n) is 13.3. The van der Waals surface area contributed by atoms with Gasteiger partial charge in [-0.2, -0.15) is 0 Å². The molecular weight excluding hydrogens is 509 g/mol. The summed E-state index contributed by atoms with van der Waals surface area (Å²) in [6, 6.07) is 7.48. The molecule has 0 saturated heterocycles. The third-order valence-electron chi connectivity index (χ3n) is 12.4. The average Bonchev–Trinajstić information content (AvgIpc) is 3.63. The van der Waals surface area contributed by atoms with Crippen LogP contribution in [0.3, 0.4) is 0 Å². The summed E-state index contributed by atoms with van der Waals surface area (Å²) in [5, 5.41) is 0. The molecule has 2 nitrogen and oxygen atoms in total. The van der Waals surface area contributed by atoms with Gasteiger partial charge in [0.15, 0.2) is 16.6 Å². The first kappa shape index (κ1) is 31.3. The molecule has 4 heteroatoms. The Bertz CT molecular complexity index is 793. The fourth-order valence-electron chi connectivity index (χ4n) is 9.42. The second kappa shape index (κ2) is 14.0. The van der Waals surface area contributed by atoms with Crippen LogP contribution in [0, 0.1) is 40.9 Å². The van der Waals surface area contributed by atoms with Crippen molar-refractivity contribution < 1.29 is 8.85 Å². The van der Waals surface area contributed by atoms with Crippen molar-refractivity contribution in [3.05, 3.63) is 48.6 Å². The molecule has 6 atom stereocenters. The van der Waals surface area contributed by atoms with E-state index in [1.54, 1.807) is 0 Å². The molecule has 0 aliphatic heterocycles. The largest absolute Gasteiger partial charge is 0.417 e. The Morgan fingerprint density at radius 3 is 1.26 bits per heavy atom. The summed E-state index contributed by atoms with van der Waals surface area (Å²) in [5.74, 6) is 4.31. The van der Waals surface area contributed by atoms with Crippen molar-refractivity contribution >= 4 is 16.6 Å². The van der Waals surface area contributed by atoms with E-state index in [-0.39, 0.29) is 5.41 Å². The normalized spacial score (nSPS) is 30.2. The quantitative estimate of drug-likeness (QED) is 0.172. The van der Waals surface area contributed by atoms with E-state index in [0.29, 0.717) is 11.8 Å². The van der Waals surface area contributed by atoms with Crippen LogP contribution < -0.4 is 0 Å². The molecule has 0 radical (unpaired) electrons. The van der Waals surface area contributed by atoms with E-state index in [4.69, 9.17) is 8.85 Å². The van der Waals surface area contributed by atoms with Gasteiger partial charge in [-0.3, -0.25) is 0 Å². The van der Waals surface area contributed by atoms with Crippen LogP contribution in [-0.2, 0) is 8.85 Å². The molecule has 4 aliphatic carbocycles. The predicted octanol–water partition coefficient (Wildman–Crippen LogP) is 10.3. The minimum Gasteiger partial charge on any atom is -0.417 e. The smallest absolute Gasteiger partial charge is 0.191 e. The van der Waals surface area contributed by atoms with Gasteiger partial charge < -0.3 is 8.85 Å². The molecule has 0 spiro atoms. The lowest BCUT2D eigenvalue weighted by atomic mass is 9.56. The van der Waals surface area contributed by atoms with E-state index in [0.717, 1.165) is 36.9 Å². The minimum atomic E-state index is -1.62. The molecule has 39 heavy (non-hydrogen) atoms. The van der Waals surface area contributed by atoms with E-state index in [9.17, 15) is 0 Å². The molecule has 0 heterocycles. The van der Waals surface area contributed by atoms with Gasteiger partial charge in [-0.1, -0.05) is 90.2 Å². The Labute approximate surface area is 244 Å². The van der Waals surface area contributed by atoms with Gasteiger partial charge in [-0.05, 0) is 116 Å². The lowest BCUT2D eigenvalue weighted by Gasteiger charge is -2.50.